The van der Waals surface area contributed by atoms with Gasteiger partial charge >= 0.3 is 0 Å². The van der Waals surface area contributed by atoms with Gasteiger partial charge in [0.2, 0.25) is 17.8 Å². The predicted octanol–water partition coefficient (Wildman–Crippen LogP) is 0.824. The van der Waals surface area contributed by atoms with Gasteiger partial charge in [-0.05, 0) is 20.3 Å². The molecule has 1 rings (SSSR count). The second-order valence-electron chi connectivity index (χ2n) is 4.68. The molecule has 0 amide bonds. The molecule has 0 bridgehead atoms. The molecule has 17 heavy (non-hydrogen) atoms. The minimum atomic E-state index is -0.0726. The third-order valence-corrected chi connectivity index (χ3v) is 2.49. The lowest BCUT2D eigenvalue weighted by atomic mass is 10.0. The lowest BCUT2D eigenvalue weighted by molar-refractivity contribution is 0.541. The standard InChI is InChI=1S/C10H21N7/c1-6-10(2,3)15-7-12-8(16-11)14-9(13-7)17(4)5/h6,11H2,1-5H3,(H2,12,13,14,15,16). The van der Waals surface area contributed by atoms with Crippen LogP contribution in [0.2, 0.25) is 0 Å². The highest BCUT2D eigenvalue weighted by Gasteiger charge is 2.17. The number of anilines is 3. The summed E-state index contributed by atoms with van der Waals surface area (Å²) in [5, 5.41) is 3.25. The molecule has 0 aliphatic carbocycles. The first-order valence-corrected chi connectivity index (χ1v) is 5.56. The van der Waals surface area contributed by atoms with Crippen molar-refractivity contribution >= 4 is 17.8 Å². The number of nitrogens with two attached hydrogens (primary N) is 1. The number of aromatic nitrogens is 3. The molecule has 0 fully saturated rings. The molecule has 7 heteroatoms. The fourth-order valence-corrected chi connectivity index (χ4v) is 1.08. The first kappa shape index (κ1) is 13.4. The van der Waals surface area contributed by atoms with Crippen LogP contribution in [0.3, 0.4) is 0 Å². The Hall–Kier alpha value is -1.63. The van der Waals surface area contributed by atoms with Crippen molar-refractivity contribution in [1.29, 1.82) is 0 Å². The van der Waals surface area contributed by atoms with Gasteiger partial charge in [0.15, 0.2) is 0 Å². The van der Waals surface area contributed by atoms with Crippen LogP contribution in [-0.4, -0.2) is 34.6 Å². The minimum absolute atomic E-state index is 0.0726. The SMILES string of the molecule is CCC(C)(C)Nc1nc(NN)nc(N(C)C)n1. The quantitative estimate of drug-likeness (QED) is 0.517. The van der Waals surface area contributed by atoms with Gasteiger partial charge in [-0.3, -0.25) is 5.43 Å². The van der Waals surface area contributed by atoms with Crippen molar-refractivity contribution in [2.45, 2.75) is 32.7 Å². The van der Waals surface area contributed by atoms with Crippen LogP contribution in [0, 0.1) is 0 Å². The van der Waals surface area contributed by atoms with Crippen LogP contribution in [0.1, 0.15) is 27.2 Å². The first-order chi connectivity index (χ1) is 7.88. The maximum absolute atomic E-state index is 5.33. The smallest absolute Gasteiger partial charge is 0.243 e. The molecule has 0 unspecified atom stereocenters. The van der Waals surface area contributed by atoms with Gasteiger partial charge in [0, 0.05) is 19.6 Å². The van der Waals surface area contributed by atoms with Crippen LogP contribution < -0.4 is 21.5 Å². The van der Waals surface area contributed by atoms with Crippen molar-refractivity contribution < 1.29 is 0 Å². The van der Waals surface area contributed by atoms with Crippen molar-refractivity contribution in [1.82, 2.24) is 15.0 Å². The van der Waals surface area contributed by atoms with Crippen molar-refractivity contribution in [3.8, 4) is 0 Å². The Balaban J connectivity index is 3.03. The van der Waals surface area contributed by atoms with Gasteiger partial charge in [-0.25, -0.2) is 5.84 Å². The Kier molecular flexibility index (Phi) is 4.06. The van der Waals surface area contributed by atoms with Gasteiger partial charge in [0.25, 0.3) is 0 Å². The molecule has 0 aliphatic heterocycles. The number of hydrazine groups is 1. The zero-order valence-electron chi connectivity index (χ0n) is 11.1. The van der Waals surface area contributed by atoms with Gasteiger partial charge in [0.05, 0.1) is 0 Å². The molecular formula is C10H21N7. The number of nitrogen functional groups attached to an aromatic ring is 1. The van der Waals surface area contributed by atoms with Crippen LogP contribution in [0.5, 0.6) is 0 Å². The van der Waals surface area contributed by atoms with E-state index < -0.39 is 0 Å². The Morgan fingerprint density at radius 2 is 1.76 bits per heavy atom. The Labute approximate surface area is 102 Å². The number of hydrogen-bond donors (Lipinski definition) is 3. The van der Waals surface area contributed by atoms with Crippen LogP contribution in [0.15, 0.2) is 0 Å². The van der Waals surface area contributed by atoms with Gasteiger partial charge in [0.1, 0.15) is 0 Å². The van der Waals surface area contributed by atoms with Crippen molar-refractivity contribution in [2.75, 3.05) is 29.7 Å². The van der Waals surface area contributed by atoms with E-state index in [0.717, 1.165) is 6.42 Å². The molecule has 0 aromatic carbocycles. The van der Waals surface area contributed by atoms with E-state index in [4.69, 9.17) is 5.84 Å². The van der Waals surface area contributed by atoms with Crippen LogP contribution in [-0.2, 0) is 0 Å². The van der Waals surface area contributed by atoms with E-state index >= 15 is 0 Å². The van der Waals surface area contributed by atoms with E-state index in [1.54, 1.807) is 4.90 Å². The summed E-state index contributed by atoms with van der Waals surface area (Å²) in [6, 6.07) is 0. The lowest BCUT2D eigenvalue weighted by Crippen LogP contribution is -2.31. The minimum Gasteiger partial charge on any atom is -0.349 e. The van der Waals surface area contributed by atoms with E-state index in [1.165, 1.54) is 0 Å². The molecule has 1 heterocycles. The number of nitrogens with zero attached hydrogens (tertiary/aromatic N) is 4. The normalized spacial score (nSPS) is 11.2. The zero-order chi connectivity index (χ0) is 13.1. The molecule has 0 aliphatic rings. The zero-order valence-corrected chi connectivity index (χ0v) is 11.1. The highest BCUT2D eigenvalue weighted by Crippen LogP contribution is 2.17. The molecule has 0 radical (unpaired) electrons. The molecule has 7 nitrogen and oxygen atoms in total. The summed E-state index contributed by atoms with van der Waals surface area (Å²) in [5.41, 5.74) is 2.36. The Bertz CT molecular complexity index is 375. The highest BCUT2D eigenvalue weighted by molar-refractivity contribution is 5.43. The average molecular weight is 239 g/mol. The highest BCUT2D eigenvalue weighted by atomic mass is 15.4. The van der Waals surface area contributed by atoms with Crippen molar-refractivity contribution in [3.63, 3.8) is 0 Å². The van der Waals surface area contributed by atoms with Crippen LogP contribution >= 0.6 is 0 Å². The van der Waals surface area contributed by atoms with Crippen molar-refractivity contribution in [3.05, 3.63) is 0 Å². The summed E-state index contributed by atoms with van der Waals surface area (Å²) < 4.78 is 0. The monoisotopic (exact) mass is 239 g/mol. The number of nitrogens with one attached hydrogen (secondary N) is 2. The summed E-state index contributed by atoms with van der Waals surface area (Å²) in [4.78, 5) is 14.4. The largest absolute Gasteiger partial charge is 0.349 e. The molecular weight excluding hydrogens is 218 g/mol. The molecule has 1 aromatic heterocycles. The van der Waals surface area contributed by atoms with Crippen LogP contribution in [0.4, 0.5) is 17.8 Å². The number of rotatable bonds is 5. The summed E-state index contributed by atoms with van der Waals surface area (Å²) in [5.74, 6) is 6.76. The number of hydrogen-bond acceptors (Lipinski definition) is 7. The van der Waals surface area contributed by atoms with E-state index in [2.05, 4.69) is 46.5 Å². The second-order valence-corrected chi connectivity index (χ2v) is 4.68. The third kappa shape index (κ3) is 3.70. The average Bonchev–Trinajstić information content (AvgIpc) is 2.28. The summed E-state index contributed by atoms with van der Waals surface area (Å²) >= 11 is 0. The molecule has 0 atom stereocenters. The predicted molar refractivity (Wildman–Crippen MR) is 70.0 cm³/mol. The third-order valence-electron chi connectivity index (χ3n) is 2.49. The molecule has 96 valence electrons. The lowest BCUT2D eigenvalue weighted by Gasteiger charge is -2.25. The Morgan fingerprint density at radius 1 is 1.18 bits per heavy atom. The molecule has 0 spiro atoms. The van der Waals surface area contributed by atoms with Crippen LogP contribution in [0.25, 0.3) is 0 Å². The van der Waals surface area contributed by atoms with E-state index in [-0.39, 0.29) is 5.54 Å². The Morgan fingerprint density at radius 3 is 2.24 bits per heavy atom. The molecule has 1 aromatic rings. The maximum atomic E-state index is 5.33. The van der Waals surface area contributed by atoms with E-state index in [1.807, 2.05) is 14.1 Å². The fourth-order valence-electron chi connectivity index (χ4n) is 1.08. The molecule has 0 saturated heterocycles. The van der Waals surface area contributed by atoms with Gasteiger partial charge < -0.3 is 10.2 Å². The van der Waals surface area contributed by atoms with E-state index in [9.17, 15) is 0 Å². The van der Waals surface area contributed by atoms with Gasteiger partial charge in [-0.2, -0.15) is 15.0 Å². The topological polar surface area (TPSA) is 92.0 Å². The second kappa shape index (κ2) is 5.13. The van der Waals surface area contributed by atoms with Crippen molar-refractivity contribution in [2.24, 2.45) is 5.84 Å². The summed E-state index contributed by atoms with van der Waals surface area (Å²) in [6.45, 7) is 6.27. The first-order valence-electron chi connectivity index (χ1n) is 5.56. The summed E-state index contributed by atoms with van der Waals surface area (Å²) in [6.07, 6.45) is 0.960. The van der Waals surface area contributed by atoms with E-state index in [0.29, 0.717) is 17.8 Å². The van der Waals surface area contributed by atoms with Gasteiger partial charge in [-0.15, -0.1) is 0 Å². The van der Waals surface area contributed by atoms with Gasteiger partial charge in [-0.1, -0.05) is 6.92 Å². The summed E-state index contributed by atoms with van der Waals surface area (Å²) in [7, 11) is 3.73. The fraction of sp³-hybridized carbons (Fsp3) is 0.700. The molecule has 0 saturated carbocycles. The maximum Gasteiger partial charge on any atom is 0.243 e. The molecule has 4 N–H and O–H groups in total.